The fourth-order valence-corrected chi connectivity index (χ4v) is 1.35. The highest BCUT2D eigenvalue weighted by molar-refractivity contribution is 5.40. The summed E-state index contributed by atoms with van der Waals surface area (Å²) >= 11 is 0. The molecule has 0 aliphatic heterocycles. The number of rotatable bonds is 1. The molecule has 0 unspecified atom stereocenters. The molecule has 0 bridgehead atoms. The normalized spacial score (nSPS) is 10.4. The van der Waals surface area contributed by atoms with Crippen LogP contribution >= 0.6 is 0 Å². The molecule has 0 radical (unpaired) electrons. The summed E-state index contributed by atoms with van der Waals surface area (Å²) in [5, 5.41) is 0. The van der Waals surface area contributed by atoms with Gasteiger partial charge < -0.3 is 4.98 Å². The second-order valence-electron chi connectivity index (χ2n) is 3.07. The van der Waals surface area contributed by atoms with Crippen molar-refractivity contribution in [3.8, 4) is 5.69 Å². The summed E-state index contributed by atoms with van der Waals surface area (Å²) in [5.41, 5.74) is 1.16. The van der Waals surface area contributed by atoms with Crippen molar-refractivity contribution in [2.24, 2.45) is 0 Å². The lowest BCUT2D eigenvalue weighted by molar-refractivity contribution is 0.625. The molecule has 14 heavy (non-hydrogen) atoms. The van der Waals surface area contributed by atoms with Gasteiger partial charge in [0.05, 0.1) is 5.69 Å². The number of hydrogen-bond acceptors (Lipinski definition) is 1. The standard InChI is InChI=1S/C10H9FN2O/c1-7-2-3-8(11)6-9(7)13-5-4-12-10(13)14/h2-6H,1H3,(H,12,14). The van der Waals surface area contributed by atoms with Crippen LogP contribution in [-0.4, -0.2) is 9.55 Å². The predicted molar refractivity (Wildman–Crippen MR) is 51.1 cm³/mol. The van der Waals surface area contributed by atoms with Gasteiger partial charge in [-0.15, -0.1) is 0 Å². The molecular formula is C10H9FN2O. The van der Waals surface area contributed by atoms with Crippen LogP contribution in [0.15, 0.2) is 35.4 Å². The van der Waals surface area contributed by atoms with Crippen LogP contribution in [0.4, 0.5) is 4.39 Å². The predicted octanol–water partition coefficient (Wildman–Crippen LogP) is 1.61. The Balaban J connectivity index is 2.68. The Hall–Kier alpha value is -1.84. The highest BCUT2D eigenvalue weighted by Crippen LogP contribution is 2.13. The molecule has 0 amide bonds. The molecule has 2 aromatic rings. The molecule has 0 fully saturated rings. The van der Waals surface area contributed by atoms with E-state index < -0.39 is 0 Å². The van der Waals surface area contributed by atoms with Gasteiger partial charge in [0.1, 0.15) is 5.82 Å². The first-order valence-corrected chi connectivity index (χ1v) is 4.21. The van der Waals surface area contributed by atoms with E-state index in [0.29, 0.717) is 5.69 Å². The van der Waals surface area contributed by atoms with Crippen LogP contribution in [0.3, 0.4) is 0 Å². The zero-order valence-corrected chi connectivity index (χ0v) is 7.62. The third kappa shape index (κ3) is 1.35. The number of H-pyrrole nitrogens is 1. The van der Waals surface area contributed by atoms with E-state index in [1.165, 1.54) is 22.9 Å². The maximum absolute atomic E-state index is 12.9. The van der Waals surface area contributed by atoms with Crippen molar-refractivity contribution < 1.29 is 4.39 Å². The minimum absolute atomic E-state index is 0.265. The third-order valence-electron chi connectivity index (χ3n) is 2.08. The Morgan fingerprint density at radius 2 is 2.21 bits per heavy atom. The molecule has 4 heteroatoms. The SMILES string of the molecule is Cc1ccc(F)cc1-n1cc[nH]c1=O. The van der Waals surface area contributed by atoms with E-state index in [9.17, 15) is 9.18 Å². The Morgan fingerprint density at radius 3 is 2.86 bits per heavy atom. The Bertz CT molecular complexity index is 513. The zero-order valence-electron chi connectivity index (χ0n) is 7.62. The minimum atomic E-state index is -0.348. The molecule has 0 saturated heterocycles. The summed E-state index contributed by atoms with van der Waals surface area (Å²) in [5.74, 6) is -0.348. The highest BCUT2D eigenvalue weighted by Gasteiger charge is 2.04. The second kappa shape index (κ2) is 3.14. The van der Waals surface area contributed by atoms with Gasteiger partial charge in [0.2, 0.25) is 0 Å². The summed E-state index contributed by atoms with van der Waals surface area (Å²) in [4.78, 5) is 13.8. The van der Waals surface area contributed by atoms with E-state index in [4.69, 9.17) is 0 Å². The number of hydrogen-bond donors (Lipinski definition) is 1. The zero-order chi connectivity index (χ0) is 10.1. The number of benzene rings is 1. The second-order valence-corrected chi connectivity index (χ2v) is 3.07. The van der Waals surface area contributed by atoms with Gasteiger partial charge in [-0.1, -0.05) is 6.07 Å². The fourth-order valence-electron chi connectivity index (χ4n) is 1.35. The maximum atomic E-state index is 12.9. The van der Waals surface area contributed by atoms with Crippen molar-refractivity contribution in [1.82, 2.24) is 9.55 Å². The van der Waals surface area contributed by atoms with Crippen molar-refractivity contribution in [1.29, 1.82) is 0 Å². The highest BCUT2D eigenvalue weighted by atomic mass is 19.1. The first-order valence-electron chi connectivity index (χ1n) is 4.21. The number of nitrogens with zero attached hydrogens (tertiary/aromatic N) is 1. The van der Waals surface area contributed by atoms with Crippen molar-refractivity contribution in [2.75, 3.05) is 0 Å². The lowest BCUT2D eigenvalue weighted by atomic mass is 10.2. The average Bonchev–Trinajstić information content (AvgIpc) is 2.56. The van der Waals surface area contributed by atoms with Gasteiger partial charge in [-0.2, -0.15) is 0 Å². The van der Waals surface area contributed by atoms with E-state index in [2.05, 4.69) is 4.98 Å². The van der Waals surface area contributed by atoms with Crippen molar-refractivity contribution in [3.63, 3.8) is 0 Å². The van der Waals surface area contributed by atoms with E-state index in [-0.39, 0.29) is 11.5 Å². The molecule has 0 aliphatic rings. The molecule has 1 aromatic carbocycles. The first kappa shape index (κ1) is 8.74. The Morgan fingerprint density at radius 1 is 1.43 bits per heavy atom. The number of imidazole rings is 1. The number of aryl methyl sites for hydroxylation is 1. The molecule has 1 N–H and O–H groups in total. The topological polar surface area (TPSA) is 37.8 Å². The van der Waals surface area contributed by atoms with Crippen LogP contribution < -0.4 is 5.69 Å². The summed E-state index contributed by atoms with van der Waals surface area (Å²) < 4.78 is 14.3. The van der Waals surface area contributed by atoms with Gasteiger partial charge in [-0.05, 0) is 24.6 Å². The van der Waals surface area contributed by atoms with Gasteiger partial charge in [0.15, 0.2) is 0 Å². The van der Waals surface area contributed by atoms with E-state index in [0.717, 1.165) is 5.56 Å². The van der Waals surface area contributed by atoms with Crippen LogP contribution in [0.2, 0.25) is 0 Å². The fraction of sp³-hybridized carbons (Fsp3) is 0.100. The van der Waals surface area contributed by atoms with Crippen molar-refractivity contribution >= 4 is 0 Å². The Labute approximate surface area is 79.8 Å². The largest absolute Gasteiger partial charge is 0.330 e. The monoisotopic (exact) mass is 192 g/mol. The van der Waals surface area contributed by atoms with Crippen LogP contribution in [0.25, 0.3) is 5.69 Å². The van der Waals surface area contributed by atoms with Gasteiger partial charge in [-0.25, -0.2) is 9.18 Å². The molecule has 2 rings (SSSR count). The van der Waals surface area contributed by atoms with Gasteiger partial charge in [-0.3, -0.25) is 4.57 Å². The van der Waals surface area contributed by atoms with E-state index in [1.54, 1.807) is 12.3 Å². The molecular weight excluding hydrogens is 183 g/mol. The van der Waals surface area contributed by atoms with Crippen LogP contribution in [0.5, 0.6) is 0 Å². The molecule has 1 heterocycles. The molecule has 0 saturated carbocycles. The molecule has 1 aromatic heterocycles. The van der Waals surface area contributed by atoms with Crippen LogP contribution in [-0.2, 0) is 0 Å². The van der Waals surface area contributed by atoms with E-state index >= 15 is 0 Å². The summed E-state index contributed by atoms with van der Waals surface area (Å²) in [7, 11) is 0. The molecule has 3 nitrogen and oxygen atoms in total. The van der Waals surface area contributed by atoms with Gasteiger partial charge in [0.25, 0.3) is 0 Å². The Kier molecular flexibility index (Phi) is 1.96. The third-order valence-corrected chi connectivity index (χ3v) is 2.08. The maximum Gasteiger partial charge on any atom is 0.330 e. The van der Waals surface area contributed by atoms with Crippen LogP contribution in [0, 0.1) is 12.7 Å². The first-order chi connectivity index (χ1) is 6.68. The molecule has 0 aliphatic carbocycles. The smallest absolute Gasteiger partial charge is 0.312 e. The minimum Gasteiger partial charge on any atom is -0.312 e. The molecule has 0 spiro atoms. The lowest BCUT2D eigenvalue weighted by Gasteiger charge is -2.04. The summed E-state index contributed by atoms with van der Waals surface area (Å²) in [6.45, 7) is 1.83. The lowest BCUT2D eigenvalue weighted by Crippen LogP contribution is -2.15. The van der Waals surface area contributed by atoms with E-state index in [1.807, 2.05) is 6.92 Å². The van der Waals surface area contributed by atoms with Gasteiger partial charge >= 0.3 is 5.69 Å². The van der Waals surface area contributed by atoms with Gasteiger partial charge in [0, 0.05) is 12.4 Å². The summed E-state index contributed by atoms with van der Waals surface area (Å²) in [6.07, 6.45) is 3.09. The number of halogens is 1. The molecule has 0 atom stereocenters. The summed E-state index contributed by atoms with van der Waals surface area (Å²) in [6, 6.07) is 4.35. The number of aromatic amines is 1. The quantitative estimate of drug-likeness (QED) is 0.732. The van der Waals surface area contributed by atoms with Crippen molar-refractivity contribution in [3.05, 3.63) is 52.5 Å². The number of nitrogens with one attached hydrogen (secondary N) is 1. The number of aromatic nitrogens is 2. The average molecular weight is 192 g/mol. The van der Waals surface area contributed by atoms with Crippen molar-refractivity contribution in [2.45, 2.75) is 6.92 Å². The van der Waals surface area contributed by atoms with Crippen LogP contribution in [0.1, 0.15) is 5.56 Å². The molecule has 72 valence electrons.